The Hall–Kier alpha value is -2.90. The molecule has 1 N–H and O–H groups in total. The van der Waals surface area contributed by atoms with Crippen molar-refractivity contribution in [2.45, 2.75) is 13.0 Å². The molecule has 0 spiro atoms. The number of carbonyl (C=O) groups is 2. The van der Waals surface area contributed by atoms with Crippen LogP contribution in [0.1, 0.15) is 28.9 Å². The molecule has 0 aliphatic carbocycles. The summed E-state index contributed by atoms with van der Waals surface area (Å²) in [6, 6.07) is 15.4. The second-order valence-corrected chi connectivity index (χ2v) is 8.14. The van der Waals surface area contributed by atoms with E-state index < -0.39 is 5.97 Å². The molecule has 0 bridgehead atoms. The molecule has 0 aromatic heterocycles. The van der Waals surface area contributed by atoms with Gasteiger partial charge in [-0.25, -0.2) is 0 Å². The van der Waals surface area contributed by atoms with Gasteiger partial charge in [-0.3, -0.25) is 14.5 Å². The van der Waals surface area contributed by atoms with Gasteiger partial charge in [-0.2, -0.15) is 0 Å². The Morgan fingerprint density at radius 1 is 1.03 bits per heavy atom. The van der Waals surface area contributed by atoms with Crippen LogP contribution in [-0.4, -0.2) is 75.5 Å². The first-order valence-electron chi connectivity index (χ1n) is 10.6. The molecule has 1 fully saturated rings. The second-order valence-electron chi connectivity index (χ2n) is 8.14. The Morgan fingerprint density at radius 3 is 2.29 bits per heavy atom. The predicted octanol–water partition coefficient (Wildman–Crippen LogP) is 2.40. The lowest BCUT2D eigenvalue weighted by atomic mass is 10.0. The summed E-state index contributed by atoms with van der Waals surface area (Å²) in [5.74, 6) is -0.420. The van der Waals surface area contributed by atoms with Gasteiger partial charge in [-0.15, -0.1) is 0 Å². The summed E-state index contributed by atoms with van der Waals surface area (Å²) >= 11 is 0. The Labute approximate surface area is 184 Å². The monoisotopic (exact) mass is 424 g/mol. The molecule has 3 rings (SSSR count). The van der Waals surface area contributed by atoms with Gasteiger partial charge in [0.2, 0.25) is 0 Å². The van der Waals surface area contributed by atoms with Crippen LogP contribution in [0.2, 0.25) is 0 Å². The van der Waals surface area contributed by atoms with Gasteiger partial charge in [0, 0.05) is 59.4 Å². The molecule has 0 radical (unpaired) electrons. The highest BCUT2D eigenvalue weighted by Crippen LogP contribution is 2.25. The van der Waals surface area contributed by atoms with Crippen molar-refractivity contribution >= 4 is 17.6 Å². The smallest absolute Gasteiger partial charge is 0.308 e. The number of hydrogen-bond acceptors (Lipinski definition) is 6. The molecule has 1 aliphatic heterocycles. The van der Waals surface area contributed by atoms with E-state index in [1.54, 1.807) is 24.3 Å². The second kappa shape index (κ2) is 10.4. The van der Waals surface area contributed by atoms with Crippen LogP contribution in [0, 0.1) is 0 Å². The molecule has 1 aliphatic rings. The summed E-state index contributed by atoms with van der Waals surface area (Å²) in [6.45, 7) is 5.67. The Balaban J connectivity index is 1.77. The number of hydrogen-bond donors (Lipinski definition) is 1. The third-order valence-corrected chi connectivity index (χ3v) is 5.61. The molecule has 31 heavy (non-hydrogen) atoms. The molecular formula is C24H32N4O3. The predicted molar refractivity (Wildman–Crippen MR) is 123 cm³/mol. The molecule has 1 atom stereocenters. The summed E-state index contributed by atoms with van der Waals surface area (Å²) in [5, 5.41) is 3.06. The quantitative estimate of drug-likeness (QED) is 0.544. The molecule has 1 amide bonds. The van der Waals surface area contributed by atoms with Crippen molar-refractivity contribution in [2.24, 2.45) is 0 Å². The number of nitrogens with zero attached hydrogens (tertiary/aromatic N) is 3. The van der Waals surface area contributed by atoms with Crippen molar-refractivity contribution in [1.82, 2.24) is 15.1 Å². The lowest BCUT2D eigenvalue weighted by Crippen LogP contribution is -2.48. The highest BCUT2D eigenvalue weighted by molar-refractivity contribution is 5.97. The van der Waals surface area contributed by atoms with Gasteiger partial charge in [0.1, 0.15) is 5.75 Å². The molecule has 2 aromatic carbocycles. The number of carbonyl (C=O) groups excluding carboxylic acids is 2. The standard InChI is InChI=1S/C24H32N4O3/c1-18(29)31-23-8-6-5-7-21(23)24(30)25-17-22(28-15-13-27(4)14-16-28)19-9-11-20(12-10-19)26(2)3/h5-12,22H,13-17H2,1-4H3,(H,25,30)/t22-/m0/s1. The molecule has 2 aromatic rings. The van der Waals surface area contributed by atoms with Crippen LogP contribution >= 0.6 is 0 Å². The fourth-order valence-electron chi connectivity index (χ4n) is 3.77. The van der Waals surface area contributed by atoms with E-state index in [2.05, 4.69) is 51.3 Å². The zero-order valence-electron chi connectivity index (χ0n) is 18.8. The average Bonchev–Trinajstić information content (AvgIpc) is 2.75. The zero-order valence-corrected chi connectivity index (χ0v) is 18.8. The summed E-state index contributed by atoms with van der Waals surface area (Å²) in [6.07, 6.45) is 0. The first kappa shape index (κ1) is 22.8. The fraction of sp³-hybridized carbons (Fsp3) is 0.417. The van der Waals surface area contributed by atoms with Crippen molar-refractivity contribution in [2.75, 3.05) is 58.8 Å². The van der Waals surface area contributed by atoms with E-state index in [-0.39, 0.29) is 17.7 Å². The van der Waals surface area contributed by atoms with Crippen molar-refractivity contribution in [3.63, 3.8) is 0 Å². The van der Waals surface area contributed by atoms with Crippen molar-refractivity contribution in [1.29, 1.82) is 0 Å². The molecule has 7 nitrogen and oxygen atoms in total. The number of amides is 1. The molecule has 0 unspecified atom stereocenters. The minimum Gasteiger partial charge on any atom is -0.426 e. The highest BCUT2D eigenvalue weighted by atomic mass is 16.5. The largest absolute Gasteiger partial charge is 0.426 e. The lowest BCUT2D eigenvalue weighted by Gasteiger charge is -2.38. The number of anilines is 1. The fourth-order valence-corrected chi connectivity index (χ4v) is 3.77. The number of rotatable bonds is 7. The molecule has 1 heterocycles. The third-order valence-electron chi connectivity index (χ3n) is 5.61. The summed E-state index contributed by atoms with van der Waals surface area (Å²) in [7, 11) is 6.17. The van der Waals surface area contributed by atoms with E-state index in [1.807, 2.05) is 14.1 Å². The average molecular weight is 425 g/mol. The van der Waals surface area contributed by atoms with Gasteiger partial charge in [-0.05, 0) is 36.9 Å². The maximum Gasteiger partial charge on any atom is 0.308 e. The Morgan fingerprint density at radius 2 is 1.68 bits per heavy atom. The maximum atomic E-state index is 12.9. The number of nitrogens with one attached hydrogen (secondary N) is 1. The lowest BCUT2D eigenvalue weighted by molar-refractivity contribution is -0.131. The van der Waals surface area contributed by atoms with Gasteiger partial charge in [-0.1, -0.05) is 24.3 Å². The van der Waals surface area contributed by atoms with Crippen LogP contribution in [0.4, 0.5) is 5.69 Å². The van der Waals surface area contributed by atoms with Gasteiger partial charge in [0.05, 0.1) is 11.6 Å². The van der Waals surface area contributed by atoms with Crippen LogP contribution in [0.15, 0.2) is 48.5 Å². The Bertz CT molecular complexity index is 890. The number of ether oxygens (including phenoxy) is 1. The summed E-state index contributed by atoms with van der Waals surface area (Å²) < 4.78 is 5.20. The van der Waals surface area contributed by atoms with Gasteiger partial charge in [0.15, 0.2) is 0 Å². The van der Waals surface area contributed by atoms with Gasteiger partial charge >= 0.3 is 5.97 Å². The van der Waals surface area contributed by atoms with Crippen molar-refractivity contribution in [3.8, 4) is 5.75 Å². The van der Waals surface area contributed by atoms with E-state index in [4.69, 9.17) is 4.74 Å². The normalized spacial score (nSPS) is 15.9. The number of esters is 1. The topological polar surface area (TPSA) is 65.1 Å². The van der Waals surface area contributed by atoms with E-state index in [9.17, 15) is 9.59 Å². The van der Waals surface area contributed by atoms with E-state index in [1.165, 1.54) is 12.5 Å². The van der Waals surface area contributed by atoms with Crippen LogP contribution in [0.5, 0.6) is 5.75 Å². The van der Waals surface area contributed by atoms with Gasteiger partial charge < -0.3 is 19.9 Å². The number of para-hydroxylation sites is 1. The van der Waals surface area contributed by atoms with E-state index in [0.717, 1.165) is 31.9 Å². The molecule has 0 saturated carbocycles. The Kier molecular flexibility index (Phi) is 7.65. The minimum atomic E-state index is -0.448. The number of piperazine rings is 1. The molecular weight excluding hydrogens is 392 g/mol. The summed E-state index contributed by atoms with van der Waals surface area (Å²) in [4.78, 5) is 31.1. The van der Waals surface area contributed by atoms with Gasteiger partial charge in [0.25, 0.3) is 5.91 Å². The minimum absolute atomic E-state index is 0.0646. The van der Waals surface area contributed by atoms with Crippen molar-refractivity contribution in [3.05, 3.63) is 59.7 Å². The molecule has 166 valence electrons. The van der Waals surface area contributed by atoms with Crippen LogP contribution in [0.25, 0.3) is 0 Å². The SMILES string of the molecule is CC(=O)Oc1ccccc1C(=O)NC[C@@H](c1ccc(N(C)C)cc1)N1CCN(C)CC1. The first-order valence-corrected chi connectivity index (χ1v) is 10.6. The highest BCUT2D eigenvalue weighted by Gasteiger charge is 2.25. The van der Waals surface area contributed by atoms with E-state index in [0.29, 0.717) is 12.1 Å². The third kappa shape index (κ3) is 6.06. The van der Waals surface area contributed by atoms with Crippen LogP contribution in [-0.2, 0) is 4.79 Å². The number of benzene rings is 2. The zero-order chi connectivity index (χ0) is 22.4. The van der Waals surface area contributed by atoms with Crippen molar-refractivity contribution < 1.29 is 14.3 Å². The molecule has 1 saturated heterocycles. The molecule has 7 heteroatoms. The summed E-state index contributed by atoms with van der Waals surface area (Å²) in [5.41, 5.74) is 2.67. The van der Waals surface area contributed by atoms with E-state index >= 15 is 0 Å². The maximum absolute atomic E-state index is 12.9. The van der Waals surface area contributed by atoms with Crippen LogP contribution in [0.3, 0.4) is 0 Å². The number of likely N-dealkylation sites (N-methyl/N-ethyl adjacent to an activating group) is 1. The van der Waals surface area contributed by atoms with Crippen LogP contribution < -0.4 is 15.0 Å². The first-order chi connectivity index (χ1) is 14.8.